The third-order valence-electron chi connectivity index (χ3n) is 3.65. The van der Waals surface area contributed by atoms with Crippen LogP contribution in [-0.4, -0.2) is 42.3 Å². The summed E-state index contributed by atoms with van der Waals surface area (Å²) in [5, 5.41) is 15.1. The van der Waals surface area contributed by atoms with Crippen LogP contribution in [0, 0.1) is 0 Å². The van der Waals surface area contributed by atoms with Crippen LogP contribution in [0.15, 0.2) is 24.3 Å². The number of halogens is 1. The van der Waals surface area contributed by atoms with Crippen molar-refractivity contribution >= 4 is 29.2 Å². The highest BCUT2D eigenvalue weighted by Crippen LogP contribution is 2.23. The summed E-state index contributed by atoms with van der Waals surface area (Å²) in [4.78, 5) is 25.5. The van der Waals surface area contributed by atoms with Crippen LogP contribution in [0.25, 0.3) is 0 Å². The van der Waals surface area contributed by atoms with E-state index in [-0.39, 0.29) is 37.0 Å². The summed E-state index contributed by atoms with van der Waals surface area (Å²) in [6.07, 6.45) is 0.899. The lowest BCUT2D eigenvalue weighted by Crippen LogP contribution is -2.48. The predicted molar refractivity (Wildman–Crippen MR) is 85.0 cm³/mol. The summed E-state index contributed by atoms with van der Waals surface area (Å²) in [6, 6.07) is 6.12. The van der Waals surface area contributed by atoms with Gasteiger partial charge in [0.05, 0.1) is 18.7 Å². The lowest BCUT2D eigenvalue weighted by atomic mass is 10.2. The van der Waals surface area contributed by atoms with E-state index >= 15 is 0 Å². The fourth-order valence-corrected chi connectivity index (χ4v) is 2.49. The Kier molecular flexibility index (Phi) is 5.63. The monoisotopic (exact) mass is 325 g/mol. The number of urea groups is 1. The summed E-state index contributed by atoms with van der Waals surface area (Å²) in [5.74, 6) is -0.0400. The fraction of sp³-hybridized carbons (Fsp3) is 0.467. The van der Waals surface area contributed by atoms with Crippen LogP contribution in [-0.2, 0) is 4.79 Å². The zero-order valence-electron chi connectivity index (χ0n) is 12.4. The van der Waals surface area contributed by atoms with Gasteiger partial charge in [-0.05, 0) is 30.7 Å². The van der Waals surface area contributed by atoms with Crippen molar-refractivity contribution in [1.82, 2.24) is 10.6 Å². The van der Waals surface area contributed by atoms with Crippen molar-refractivity contribution in [3.8, 4) is 0 Å². The van der Waals surface area contributed by atoms with Gasteiger partial charge in [-0.2, -0.15) is 0 Å². The van der Waals surface area contributed by atoms with Crippen molar-refractivity contribution in [2.75, 3.05) is 18.1 Å². The molecule has 0 bridgehead atoms. The Balaban J connectivity index is 1.92. The minimum absolute atomic E-state index is 0.0400. The maximum atomic E-state index is 12.1. The molecule has 6 nitrogen and oxygen atoms in total. The molecule has 1 fully saturated rings. The molecule has 1 saturated heterocycles. The number of nitrogens with one attached hydrogen (secondary N) is 2. The lowest BCUT2D eigenvalue weighted by molar-refractivity contribution is -0.117. The van der Waals surface area contributed by atoms with Gasteiger partial charge in [0.1, 0.15) is 0 Å². The van der Waals surface area contributed by atoms with Crippen LogP contribution >= 0.6 is 11.6 Å². The van der Waals surface area contributed by atoms with Crippen LogP contribution < -0.4 is 15.5 Å². The molecule has 0 aliphatic carbocycles. The molecule has 0 aromatic heterocycles. The third-order valence-corrected chi connectivity index (χ3v) is 3.90. The SMILES string of the molecule is CC[C@H](CO)NC(=O)N[C@H]1CC(=O)N(c2ccc(Cl)cc2)C1. The van der Waals surface area contributed by atoms with Gasteiger partial charge in [0.2, 0.25) is 5.91 Å². The topological polar surface area (TPSA) is 81.7 Å². The zero-order valence-corrected chi connectivity index (χ0v) is 13.1. The fourth-order valence-electron chi connectivity index (χ4n) is 2.36. The number of benzene rings is 1. The molecular formula is C15H20ClN3O3. The van der Waals surface area contributed by atoms with Crippen LogP contribution in [0.2, 0.25) is 5.02 Å². The summed E-state index contributed by atoms with van der Waals surface area (Å²) in [6.45, 7) is 2.19. The first-order valence-electron chi connectivity index (χ1n) is 7.27. The largest absolute Gasteiger partial charge is 0.394 e. The average Bonchev–Trinajstić information content (AvgIpc) is 2.86. The van der Waals surface area contributed by atoms with E-state index < -0.39 is 0 Å². The van der Waals surface area contributed by atoms with Crippen molar-refractivity contribution in [1.29, 1.82) is 0 Å². The number of carbonyl (C=O) groups excluding carboxylic acids is 2. The van der Waals surface area contributed by atoms with E-state index in [2.05, 4.69) is 10.6 Å². The maximum Gasteiger partial charge on any atom is 0.315 e. The second kappa shape index (κ2) is 7.47. The van der Waals surface area contributed by atoms with Gasteiger partial charge in [-0.3, -0.25) is 4.79 Å². The van der Waals surface area contributed by atoms with E-state index in [4.69, 9.17) is 16.7 Å². The van der Waals surface area contributed by atoms with E-state index in [1.54, 1.807) is 29.2 Å². The molecule has 3 amide bonds. The van der Waals surface area contributed by atoms with Gasteiger partial charge in [-0.15, -0.1) is 0 Å². The Hall–Kier alpha value is -1.79. The Bertz CT molecular complexity index is 531. The van der Waals surface area contributed by atoms with Gasteiger partial charge in [-0.25, -0.2) is 4.79 Å². The normalized spacial score (nSPS) is 19.1. The number of hydrogen-bond donors (Lipinski definition) is 3. The zero-order chi connectivity index (χ0) is 16.1. The molecule has 0 spiro atoms. The lowest BCUT2D eigenvalue weighted by Gasteiger charge is -2.19. The smallest absolute Gasteiger partial charge is 0.315 e. The van der Waals surface area contributed by atoms with Crippen molar-refractivity contribution < 1.29 is 14.7 Å². The second-order valence-corrected chi connectivity index (χ2v) is 5.72. The molecule has 3 N–H and O–H groups in total. The van der Waals surface area contributed by atoms with Gasteiger partial charge >= 0.3 is 6.03 Å². The van der Waals surface area contributed by atoms with Crippen molar-refractivity contribution in [2.24, 2.45) is 0 Å². The third kappa shape index (κ3) is 4.11. The first kappa shape index (κ1) is 16.6. The molecule has 120 valence electrons. The standard InChI is InChI=1S/C15H20ClN3O3/c1-2-11(9-20)17-15(22)18-12-7-14(21)19(8-12)13-5-3-10(16)4-6-13/h3-6,11-12,20H,2,7-9H2,1H3,(H2,17,18,22)/t11-,12+/m1/s1. The Labute approximate surface area is 134 Å². The molecule has 0 unspecified atom stereocenters. The number of nitrogens with zero attached hydrogens (tertiary/aromatic N) is 1. The molecule has 1 heterocycles. The molecule has 0 radical (unpaired) electrons. The summed E-state index contributed by atoms with van der Waals surface area (Å²) in [7, 11) is 0. The molecule has 2 rings (SSSR count). The van der Waals surface area contributed by atoms with Crippen molar-refractivity contribution in [3.05, 3.63) is 29.3 Å². The first-order valence-corrected chi connectivity index (χ1v) is 7.65. The molecular weight excluding hydrogens is 306 g/mol. The number of carbonyl (C=O) groups is 2. The van der Waals surface area contributed by atoms with E-state index in [0.29, 0.717) is 18.0 Å². The number of aliphatic hydroxyl groups is 1. The van der Waals surface area contributed by atoms with E-state index in [0.717, 1.165) is 5.69 Å². The molecule has 22 heavy (non-hydrogen) atoms. The van der Waals surface area contributed by atoms with E-state index in [1.807, 2.05) is 6.92 Å². The van der Waals surface area contributed by atoms with Crippen molar-refractivity contribution in [2.45, 2.75) is 31.8 Å². The Morgan fingerprint density at radius 1 is 1.45 bits per heavy atom. The minimum atomic E-state index is -0.364. The maximum absolute atomic E-state index is 12.1. The van der Waals surface area contributed by atoms with Gasteiger partial charge in [-0.1, -0.05) is 18.5 Å². The molecule has 7 heteroatoms. The van der Waals surface area contributed by atoms with Gasteiger partial charge in [0.15, 0.2) is 0 Å². The predicted octanol–water partition coefficient (Wildman–Crippen LogP) is 1.52. The molecule has 1 aromatic carbocycles. The molecule has 1 aliphatic heterocycles. The van der Waals surface area contributed by atoms with E-state index in [1.165, 1.54) is 0 Å². The molecule has 2 atom stereocenters. The van der Waals surface area contributed by atoms with Crippen molar-refractivity contribution in [3.63, 3.8) is 0 Å². The van der Waals surface area contributed by atoms with E-state index in [9.17, 15) is 9.59 Å². The number of anilines is 1. The molecule has 1 aromatic rings. The highest BCUT2D eigenvalue weighted by molar-refractivity contribution is 6.30. The van der Waals surface area contributed by atoms with Crippen LogP contribution in [0.3, 0.4) is 0 Å². The summed E-state index contributed by atoms with van der Waals surface area (Å²) >= 11 is 5.84. The quantitative estimate of drug-likeness (QED) is 0.767. The highest BCUT2D eigenvalue weighted by Gasteiger charge is 2.31. The van der Waals surface area contributed by atoms with Crippen LogP contribution in [0.5, 0.6) is 0 Å². The highest BCUT2D eigenvalue weighted by atomic mass is 35.5. The average molecular weight is 326 g/mol. The Morgan fingerprint density at radius 2 is 2.14 bits per heavy atom. The number of aliphatic hydroxyl groups excluding tert-OH is 1. The molecule has 1 aliphatic rings. The summed E-state index contributed by atoms with van der Waals surface area (Å²) < 4.78 is 0. The number of rotatable bonds is 5. The number of hydrogen-bond acceptors (Lipinski definition) is 3. The number of amides is 3. The van der Waals surface area contributed by atoms with Gasteiger partial charge < -0.3 is 20.6 Å². The summed E-state index contributed by atoms with van der Waals surface area (Å²) in [5.41, 5.74) is 0.765. The molecule has 0 saturated carbocycles. The second-order valence-electron chi connectivity index (χ2n) is 5.29. The van der Waals surface area contributed by atoms with Crippen LogP contribution in [0.4, 0.5) is 10.5 Å². The van der Waals surface area contributed by atoms with Gasteiger partial charge in [0, 0.05) is 23.7 Å². The minimum Gasteiger partial charge on any atom is -0.394 e. The Morgan fingerprint density at radius 3 is 2.73 bits per heavy atom. The van der Waals surface area contributed by atoms with Gasteiger partial charge in [0.25, 0.3) is 0 Å². The van der Waals surface area contributed by atoms with Crippen LogP contribution in [0.1, 0.15) is 19.8 Å². The first-order chi connectivity index (χ1) is 10.5.